The monoisotopic (exact) mass is 227 g/mol. The summed E-state index contributed by atoms with van der Waals surface area (Å²) in [6.07, 6.45) is 6.20. The molecule has 0 bridgehead atoms. The standard InChI is InChI=1S/C11H21N3S/c1-9(2)5-8-14-10(15)12-11(13-14)6-3-4-7-11/h9,13H,3-8H2,1-2H3,(H,12,15). The number of nitrogens with zero attached hydrogens (tertiary/aromatic N) is 1. The second-order valence-corrected chi connectivity index (χ2v) is 5.55. The van der Waals surface area contributed by atoms with Crippen LogP contribution < -0.4 is 10.7 Å². The number of hydrazine groups is 1. The first kappa shape index (κ1) is 11.1. The molecule has 4 heteroatoms. The number of nitrogens with one attached hydrogen (secondary N) is 2. The number of thiocarbonyl (C=S) groups is 1. The molecule has 1 aliphatic heterocycles. The van der Waals surface area contributed by atoms with Crippen molar-refractivity contribution >= 4 is 17.3 Å². The summed E-state index contributed by atoms with van der Waals surface area (Å²) in [4.78, 5) is 0. The van der Waals surface area contributed by atoms with Crippen LogP contribution in [0.2, 0.25) is 0 Å². The zero-order chi connectivity index (χ0) is 10.9. The van der Waals surface area contributed by atoms with Crippen LogP contribution in [-0.2, 0) is 0 Å². The number of rotatable bonds is 3. The Morgan fingerprint density at radius 2 is 2.07 bits per heavy atom. The Morgan fingerprint density at radius 1 is 1.40 bits per heavy atom. The van der Waals surface area contributed by atoms with Crippen LogP contribution in [0.4, 0.5) is 0 Å². The van der Waals surface area contributed by atoms with E-state index >= 15 is 0 Å². The Bertz CT molecular complexity index is 246. The van der Waals surface area contributed by atoms with E-state index in [0.717, 1.165) is 17.6 Å². The largest absolute Gasteiger partial charge is 0.342 e. The summed E-state index contributed by atoms with van der Waals surface area (Å²) in [7, 11) is 0. The highest BCUT2D eigenvalue weighted by Gasteiger charge is 2.41. The Kier molecular flexibility index (Phi) is 3.16. The molecule has 0 aromatic rings. The Labute approximate surface area is 97.6 Å². The molecule has 0 atom stereocenters. The first-order valence-electron chi connectivity index (χ1n) is 5.99. The molecule has 0 radical (unpaired) electrons. The summed E-state index contributed by atoms with van der Waals surface area (Å²) in [5.41, 5.74) is 3.66. The van der Waals surface area contributed by atoms with Crippen LogP contribution in [0.3, 0.4) is 0 Å². The smallest absolute Gasteiger partial charge is 0.185 e. The average Bonchev–Trinajstić information content (AvgIpc) is 2.72. The van der Waals surface area contributed by atoms with Gasteiger partial charge < -0.3 is 5.32 Å². The highest BCUT2D eigenvalue weighted by atomic mass is 32.1. The van der Waals surface area contributed by atoms with Gasteiger partial charge in [-0.15, -0.1) is 0 Å². The molecule has 3 nitrogen and oxygen atoms in total. The molecule has 0 amide bonds. The molecule has 1 saturated heterocycles. The van der Waals surface area contributed by atoms with Crippen molar-refractivity contribution in [1.29, 1.82) is 0 Å². The maximum Gasteiger partial charge on any atom is 0.185 e. The highest BCUT2D eigenvalue weighted by Crippen LogP contribution is 2.30. The predicted molar refractivity (Wildman–Crippen MR) is 66.2 cm³/mol. The van der Waals surface area contributed by atoms with E-state index in [-0.39, 0.29) is 5.66 Å². The molecule has 2 N–H and O–H groups in total. The van der Waals surface area contributed by atoms with Gasteiger partial charge in [0.25, 0.3) is 0 Å². The molecule has 1 aliphatic carbocycles. The van der Waals surface area contributed by atoms with Crippen molar-refractivity contribution in [2.75, 3.05) is 6.54 Å². The topological polar surface area (TPSA) is 27.3 Å². The SMILES string of the molecule is CC(C)CCN1NC2(CCCC2)NC1=S. The minimum absolute atomic E-state index is 0.105. The van der Waals surface area contributed by atoms with Crippen molar-refractivity contribution < 1.29 is 0 Å². The molecule has 2 fully saturated rings. The zero-order valence-corrected chi connectivity index (χ0v) is 10.5. The lowest BCUT2D eigenvalue weighted by Gasteiger charge is -2.24. The fourth-order valence-electron chi connectivity index (χ4n) is 2.37. The summed E-state index contributed by atoms with van der Waals surface area (Å²) >= 11 is 5.35. The van der Waals surface area contributed by atoms with Gasteiger partial charge in [0.1, 0.15) is 5.66 Å². The lowest BCUT2D eigenvalue weighted by Crippen LogP contribution is -2.48. The number of hydrogen-bond donors (Lipinski definition) is 2. The van der Waals surface area contributed by atoms with Crippen LogP contribution in [0.15, 0.2) is 0 Å². The van der Waals surface area contributed by atoms with E-state index < -0.39 is 0 Å². The molecule has 2 aliphatic rings. The van der Waals surface area contributed by atoms with Crippen molar-refractivity contribution in [2.45, 2.75) is 51.6 Å². The van der Waals surface area contributed by atoms with Gasteiger partial charge in [-0.2, -0.15) is 0 Å². The van der Waals surface area contributed by atoms with Crippen LogP contribution in [0.25, 0.3) is 0 Å². The highest BCUT2D eigenvalue weighted by molar-refractivity contribution is 7.80. The normalized spacial score (nSPS) is 24.2. The maximum absolute atomic E-state index is 5.35. The van der Waals surface area contributed by atoms with E-state index in [1.54, 1.807) is 0 Å². The minimum Gasteiger partial charge on any atom is -0.342 e. The van der Waals surface area contributed by atoms with Gasteiger partial charge in [-0.1, -0.05) is 13.8 Å². The second-order valence-electron chi connectivity index (χ2n) is 5.17. The molecule has 0 unspecified atom stereocenters. The second kappa shape index (κ2) is 4.26. The lowest BCUT2D eigenvalue weighted by molar-refractivity contribution is 0.213. The zero-order valence-electron chi connectivity index (χ0n) is 9.68. The molecule has 86 valence electrons. The fraction of sp³-hybridized carbons (Fsp3) is 0.909. The van der Waals surface area contributed by atoms with Crippen molar-refractivity contribution in [3.05, 3.63) is 0 Å². The van der Waals surface area contributed by atoms with Crippen molar-refractivity contribution in [3.8, 4) is 0 Å². The van der Waals surface area contributed by atoms with Crippen molar-refractivity contribution in [1.82, 2.24) is 15.8 Å². The molecule has 15 heavy (non-hydrogen) atoms. The molecule has 2 rings (SSSR count). The molecule has 1 saturated carbocycles. The van der Waals surface area contributed by atoms with Gasteiger partial charge in [-0.25, -0.2) is 5.43 Å². The van der Waals surface area contributed by atoms with Gasteiger partial charge in [-0.05, 0) is 50.2 Å². The third-order valence-electron chi connectivity index (χ3n) is 3.33. The van der Waals surface area contributed by atoms with Crippen LogP contribution in [0.5, 0.6) is 0 Å². The third-order valence-corrected chi connectivity index (χ3v) is 3.65. The van der Waals surface area contributed by atoms with Gasteiger partial charge in [0, 0.05) is 6.54 Å². The van der Waals surface area contributed by atoms with Crippen LogP contribution in [0, 0.1) is 5.92 Å². The van der Waals surface area contributed by atoms with E-state index in [0.29, 0.717) is 0 Å². The molecule has 0 aromatic heterocycles. The van der Waals surface area contributed by atoms with Crippen LogP contribution >= 0.6 is 12.2 Å². The summed E-state index contributed by atoms with van der Waals surface area (Å²) in [5, 5.41) is 6.46. The minimum atomic E-state index is 0.105. The molecule has 0 aromatic carbocycles. The Balaban J connectivity index is 1.89. The average molecular weight is 227 g/mol. The first-order valence-corrected chi connectivity index (χ1v) is 6.40. The van der Waals surface area contributed by atoms with Gasteiger partial charge in [0.05, 0.1) is 0 Å². The van der Waals surface area contributed by atoms with E-state index in [1.807, 2.05) is 0 Å². The summed E-state index contributed by atoms with van der Waals surface area (Å²) in [6, 6.07) is 0. The lowest BCUT2D eigenvalue weighted by atomic mass is 10.1. The maximum atomic E-state index is 5.35. The van der Waals surface area contributed by atoms with Gasteiger partial charge in [-0.3, -0.25) is 5.01 Å². The van der Waals surface area contributed by atoms with E-state index in [4.69, 9.17) is 12.2 Å². The van der Waals surface area contributed by atoms with Gasteiger partial charge >= 0.3 is 0 Å². The fourth-order valence-corrected chi connectivity index (χ4v) is 2.70. The third kappa shape index (κ3) is 2.42. The van der Waals surface area contributed by atoms with E-state index in [1.165, 1.54) is 32.1 Å². The van der Waals surface area contributed by atoms with Crippen LogP contribution in [0.1, 0.15) is 46.0 Å². The Hall–Kier alpha value is -0.350. The first-order chi connectivity index (χ1) is 7.11. The molecule has 1 spiro atoms. The summed E-state index contributed by atoms with van der Waals surface area (Å²) < 4.78 is 0. The quantitative estimate of drug-likeness (QED) is 0.721. The molecule has 1 heterocycles. The number of hydrogen-bond acceptors (Lipinski definition) is 2. The Morgan fingerprint density at radius 3 is 2.67 bits per heavy atom. The summed E-state index contributed by atoms with van der Waals surface area (Å²) in [5.74, 6) is 0.731. The van der Waals surface area contributed by atoms with E-state index in [9.17, 15) is 0 Å². The van der Waals surface area contributed by atoms with Gasteiger partial charge in [0.15, 0.2) is 5.11 Å². The predicted octanol–water partition coefficient (Wildman–Crippen LogP) is 2.00. The van der Waals surface area contributed by atoms with E-state index in [2.05, 4.69) is 29.6 Å². The van der Waals surface area contributed by atoms with Gasteiger partial charge in [0.2, 0.25) is 0 Å². The molecular formula is C11H21N3S. The molecular weight excluding hydrogens is 206 g/mol. The van der Waals surface area contributed by atoms with Crippen LogP contribution in [-0.4, -0.2) is 22.3 Å². The van der Waals surface area contributed by atoms with Crippen molar-refractivity contribution in [2.24, 2.45) is 5.92 Å². The van der Waals surface area contributed by atoms with Crippen molar-refractivity contribution in [3.63, 3.8) is 0 Å². The summed E-state index contributed by atoms with van der Waals surface area (Å²) in [6.45, 7) is 5.51.